The van der Waals surface area contributed by atoms with Gasteiger partial charge in [0.1, 0.15) is 22.8 Å². The van der Waals surface area contributed by atoms with Crippen LogP contribution in [0.4, 0.5) is 0 Å². The van der Waals surface area contributed by atoms with Gasteiger partial charge >= 0.3 is 5.97 Å². The van der Waals surface area contributed by atoms with E-state index in [1.54, 1.807) is 13.8 Å². The number of ketones is 3. The molecule has 3 aliphatic rings. The number of aromatic hydroxyl groups is 2. The molecule has 1 aliphatic heterocycles. The molecule has 0 amide bonds. The number of rotatable bonds is 9. The zero-order valence-corrected chi connectivity index (χ0v) is 26.3. The van der Waals surface area contributed by atoms with E-state index in [0.717, 1.165) is 6.92 Å². The van der Waals surface area contributed by atoms with Crippen molar-refractivity contribution in [1.82, 2.24) is 4.90 Å². The molecule has 1 fully saturated rings. The number of carbonyl (C=O) groups is 4. The number of aliphatic hydroxyl groups excluding tert-OH is 1. The molecule has 0 aromatic heterocycles. The second-order valence-corrected chi connectivity index (χ2v) is 11.9. The number of methoxy groups -OCH3 is 1. The highest BCUT2D eigenvalue weighted by Crippen LogP contribution is 2.52. The maximum Gasteiger partial charge on any atom is 0.320 e. The average molecular weight is 653 g/mol. The Kier molecular flexibility index (Phi) is 9.40. The van der Waals surface area contributed by atoms with Crippen molar-refractivity contribution in [2.24, 2.45) is 0 Å². The zero-order valence-electron chi connectivity index (χ0n) is 26.3. The Hall–Kier alpha value is -4.39. The molecule has 6 atom stereocenters. The van der Waals surface area contributed by atoms with Crippen LogP contribution in [0.5, 0.6) is 17.2 Å². The third kappa shape index (κ3) is 5.85. The smallest absolute Gasteiger partial charge is 0.320 e. The number of ether oxygens (including phenoxy) is 4. The summed E-state index contributed by atoms with van der Waals surface area (Å²) in [4.78, 5) is 54.0. The number of nitriles is 1. The topological polar surface area (TPSA) is 213 Å². The number of phenolic OH excluding ortho intramolecular Hbond substituents is 2. The van der Waals surface area contributed by atoms with Crippen LogP contribution in [0.1, 0.15) is 82.7 Å². The van der Waals surface area contributed by atoms with Crippen molar-refractivity contribution in [2.75, 3.05) is 26.8 Å². The highest BCUT2D eigenvalue weighted by molar-refractivity contribution is 6.31. The molecule has 0 saturated carbocycles. The van der Waals surface area contributed by atoms with E-state index >= 15 is 0 Å². The van der Waals surface area contributed by atoms with Crippen LogP contribution in [-0.4, -0.2) is 106 Å². The summed E-state index contributed by atoms with van der Waals surface area (Å²) in [5.74, 6) is -4.11. The van der Waals surface area contributed by atoms with E-state index in [2.05, 4.69) is 0 Å². The van der Waals surface area contributed by atoms with Crippen LogP contribution in [0.2, 0.25) is 0 Å². The summed E-state index contributed by atoms with van der Waals surface area (Å²) in [7, 11) is 1.32. The molecule has 4 N–H and O–H groups in total. The standard InChI is InChI=1S/C33H36N2O12/c1-5-45-22(37)14-35(10-9-34)19-11-23(46-15(2)28(19)38)47-21-13-33(43,16(3)36)12-18-25(21)32(42)27-26(30(18)40)29(39)17-7-6-8-20(44-4)24(17)31(27)41/h6-8,15,19,21,23,28,38,40,42-43H,5,10-14H2,1-4H3/t15?,19?,21-,23?,28?,33-/m0/s1. The van der Waals surface area contributed by atoms with Crippen LogP contribution in [0, 0.1) is 11.3 Å². The molecular formula is C33H36N2O12. The number of nitrogens with zero attached hydrogens (tertiary/aromatic N) is 2. The highest BCUT2D eigenvalue weighted by Gasteiger charge is 2.50. The van der Waals surface area contributed by atoms with Crippen LogP contribution < -0.4 is 4.74 Å². The van der Waals surface area contributed by atoms with Gasteiger partial charge in [-0.1, -0.05) is 12.1 Å². The van der Waals surface area contributed by atoms with Gasteiger partial charge in [-0.05, 0) is 26.8 Å². The first-order valence-corrected chi connectivity index (χ1v) is 15.1. The number of benzene rings is 2. The SMILES string of the molecule is CCOC(=O)CN(CC#N)C1CC(O[C@H]2C[C@](O)(C(C)=O)Cc3c(O)c4c(c(O)c32)C(=O)c2c(OC)cccc2C4=O)OC(C)C1O. The molecule has 14 heteroatoms. The molecule has 2 aliphatic carbocycles. The van der Waals surface area contributed by atoms with Crippen LogP contribution in [-0.2, 0) is 30.2 Å². The Balaban J connectivity index is 1.58. The second kappa shape index (κ2) is 13.0. The molecule has 0 bridgehead atoms. The Bertz CT molecular complexity index is 1680. The molecule has 2 aromatic rings. The summed E-state index contributed by atoms with van der Waals surface area (Å²) >= 11 is 0. The van der Waals surface area contributed by atoms with Crippen molar-refractivity contribution >= 4 is 23.3 Å². The van der Waals surface area contributed by atoms with Crippen molar-refractivity contribution in [3.8, 4) is 23.3 Å². The fourth-order valence-electron chi connectivity index (χ4n) is 6.72. The average Bonchev–Trinajstić information content (AvgIpc) is 3.02. The number of aliphatic hydroxyl groups is 2. The van der Waals surface area contributed by atoms with Crippen molar-refractivity contribution in [1.29, 1.82) is 5.26 Å². The third-order valence-corrected chi connectivity index (χ3v) is 9.10. The van der Waals surface area contributed by atoms with Gasteiger partial charge in [0.05, 0.1) is 67.9 Å². The number of carbonyl (C=O) groups excluding carboxylic acids is 4. The van der Waals surface area contributed by atoms with E-state index in [9.17, 15) is 44.9 Å². The van der Waals surface area contributed by atoms with Crippen LogP contribution in [0.25, 0.3) is 0 Å². The Morgan fingerprint density at radius 3 is 2.49 bits per heavy atom. The van der Waals surface area contributed by atoms with Gasteiger partial charge in [0.2, 0.25) is 5.78 Å². The second-order valence-electron chi connectivity index (χ2n) is 11.9. The zero-order chi connectivity index (χ0) is 34.4. The number of hydrogen-bond donors (Lipinski definition) is 4. The first-order chi connectivity index (χ1) is 22.3. The lowest BCUT2D eigenvalue weighted by Gasteiger charge is -2.44. The normalized spacial score (nSPS) is 26.6. The molecule has 14 nitrogen and oxygen atoms in total. The predicted molar refractivity (Wildman–Crippen MR) is 160 cm³/mol. The predicted octanol–water partition coefficient (Wildman–Crippen LogP) is 1.46. The monoisotopic (exact) mass is 652 g/mol. The molecule has 0 radical (unpaired) electrons. The Morgan fingerprint density at radius 1 is 1.15 bits per heavy atom. The first kappa shape index (κ1) is 34.0. The minimum absolute atomic E-state index is 0.0547. The first-order valence-electron chi connectivity index (χ1n) is 15.1. The van der Waals surface area contributed by atoms with E-state index in [0.29, 0.717) is 0 Å². The van der Waals surface area contributed by atoms with Gasteiger partial charge in [0.15, 0.2) is 17.9 Å². The molecule has 4 unspecified atom stereocenters. The molecule has 0 spiro atoms. The highest BCUT2D eigenvalue weighted by atomic mass is 16.7. The van der Waals surface area contributed by atoms with Crippen molar-refractivity contribution in [3.63, 3.8) is 0 Å². The minimum atomic E-state index is -2.10. The summed E-state index contributed by atoms with van der Waals surface area (Å²) in [6.45, 7) is 3.91. The summed E-state index contributed by atoms with van der Waals surface area (Å²) in [5, 5.41) is 55.1. The van der Waals surface area contributed by atoms with Crippen molar-refractivity contribution < 1.29 is 58.6 Å². The quantitative estimate of drug-likeness (QED) is 0.146. The van der Waals surface area contributed by atoms with Gasteiger partial charge in [-0.15, -0.1) is 0 Å². The van der Waals surface area contributed by atoms with E-state index in [4.69, 9.17) is 18.9 Å². The number of esters is 1. The van der Waals surface area contributed by atoms with E-state index in [1.807, 2.05) is 6.07 Å². The molecule has 1 saturated heterocycles. The Morgan fingerprint density at radius 2 is 1.85 bits per heavy atom. The number of Topliss-reactive ketones (excluding diaryl/α,β-unsaturated/α-hetero) is 1. The van der Waals surface area contributed by atoms with Gasteiger partial charge in [-0.3, -0.25) is 24.1 Å². The van der Waals surface area contributed by atoms with Crippen molar-refractivity contribution in [2.45, 2.75) is 76.3 Å². The molecular weight excluding hydrogens is 616 g/mol. The maximum absolute atomic E-state index is 13.8. The van der Waals surface area contributed by atoms with Crippen LogP contribution in [0.3, 0.4) is 0 Å². The number of hydrogen-bond acceptors (Lipinski definition) is 14. The van der Waals surface area contributed by atoms with Crippen molar-refractivity contribution in [3.05, 3.63) is 51.6 Å². The molecule has 5 rings (SSSR count). The molecule has 2 aromatic carbocycles. The fourth-order valence-corrected chi connectivity index (χ4v) is 6.72. The number of fused-ring (bicyclic) bond motifs is 3. The lowest BCUT2D eigenvalue weighted by atomic mass is 9.72. The summed E-state index contributed by atoms with van der Waals surface area (Å²) in [6, 6.07) is 5.50. The largest absolute Gasteiger partial charge is 0.507 e. The maximum atomic E-state index is 13.8. The fraction of sp³-hybridized carbons (Fsp3) is 0.485. The van der Waals surface area contributed by atoms with E-state index in [1.165, 1.54) is 30.2 Å². The number of phenols is 2. The minimum Gasteiger partial charge on any atom is -0.507 e. The van der Waals surface area contributed by atoms with Gasteiger partial charge in [-0.25, -0.2) is 0 Å². The van der Waals surface area contributed by atoms with Gasteiger partial charge in [0, 0.05) is 42.0 Å². The van der Waals surface area contributed by atoms with Crippen LogP contribution >= 0.6 is 0 Å². The third-order valence-electron chi connectivity index (χ3n) is 9.10. The summed E-state index contributed by atoms with van der Waals surface area (Å²) < 4.78 is 22.5. The van der Waals surface area contributed by atoms with E-state index < -0.39 is 95.0 Å². The molecule has 1 heterocycles. The van der Waals surface area contributed by atoms with Gasteiger partial charge in [0.25, 0.3) is 0 Å². The molecule has 250 valence electrons. The lowest BCUT2D eigenvalue weighted by molar-refractivity contribution is -0.258. The summed E-state index contributed by atoms with van der Waals surface area (Å²) in [5.41, 5.74) is -3.49. The van der Waals surface area contributed by atoms with Gasteiger partial charge < -0.3 is 39.4 Å². The molecule has 47 heavy (non-hydrogen) atoms. The van der Waals surface area contributed by atoms with Crippen LogP contribution in [0.15, 0.2) is 18.2 Å². The lowest BCUT2D eigenvalue weighted by Crippen LogP contribution is -2.57. The van der Waals surface area contributed by atoms with E-state index in [-0.39, 0.29) is 54.1 Å². The summed E-state index contributed by atoms with van der Waals surface area (Å²) in [6.07, 6.45) is -5.61. The van der Waals surface area contributed by atoms with Gasteiger partial charge in [-0.2, -0.15) is 5.26 Å². The Labute approximate surface area is 270 Å².